The van der Waals surface area contributed by atoms with Crippen molar-refractivity contribution in [3.05, 3.63) is 35.9 Å². The van der Waals surface area contributed by atoms with Crippen molar-refractivity contribution in [3.63, 3.8) is 0 Å². The van der Waals surface area contributed by atoms with Crippen molar-refractivity contribution in [2.24, 2.45) is 0 Å². The molecular formula is C13H17N3. The summed E-state index contributed by atoms with van der Waals surface area (Å²) < 4.78 is 0. The predicted molar refractivity (Wildman–Crippen MR) is 63.8 cm³/mol. The third-order valence-electron chi connectivity index (χ3n) is 3.00. The zero-order valence-electron chi connectivity index (χ0n) is 9.56. The molecule has 1 saturated heterocycles. The minimum atomic E-state index is -0.106. The molecule has 0 aromatic heterocycles. The Labute approximate surface area is 96.7 Å². The Balaban J connectivity index is 2.14. The van der Waals surface area contributed by atoms with E-state index in [9.17, 15) is 5.26 Å². The van der Waals surface area contributed by atoms with E-state index in [1.165, 1.54) is 0 Å². The molecule has 0 saturated carbocycles. The van der Waals surface area contributed by atoms with E-state index in [-0.39, 0.29) is 6.04 Å². The molecule has 1 fully saturated rings. The van der Waals surface area contributed by atoms with Gasteiger partial charge in [-0.05, 0) is 12.5 Å². The highest BCUT2D eigenvalue weighted by Crippen LogP contribution is 2.20. The van der Waals surface area contributed by atoms with E-state index in [2.05, 4.69) is 23.2 Å². The zero-order chi connectivity index (χ0) is 11.4. The molecule has 2 atom stereocenters. The van der Waals surface area contributed by atoms with Crippen LogP contribution in [-0.2, 0) is 0 Å². The number of hydrogen-bond acceptors (Lipinski definition) is 3. The molecule has 0 radical (unpaired) electrons. The predicted octanol–water partition coefficient (Wildman–Crippen LogP) is 1.54. The molecule has 1 unspecified atom stereocenters. The van der Waals surface area contributed by atoms with Crippen LogP contribution in [-0.4, -0.2) is 30.6 Å². The Morgan fingerprint density at radius 3 is 2.81 bits per heavy atom. The number of nitrogens with one attached hydrogen (secondary N) is 1. The van der Waals surface area contributed by atoms with Crippen LogP contribution in [0.5, 0.6) is 0 Å². The van der Waals surface area contributed by atoms with Gasteiger partial charge in [0.05, 0.1) is 6.07 Å². The van der Waals surface area contributed by atoms with Gasteiger partial charge in [0.25, 0.3) is 0 Å². The van der Waals surface area contributed by atoms with Crippen LogP contribution >= 0.6 is 0 Å². The lowest BCUT2D eigenvalue weighted by Gasteiger charge is -2.34. The Morgan fingerprint density at radius 1 is 1.44 bits per heavy atom. The Hall–Kier alpha value is -1.37. The van der Waals surface area contributed by atoms with Gasteiger partial charge in [0.15, 0.2) is 0 Å². The van der Waals surface area contributed by atoms with Gasteiger partial charge in [0.1, 0.15) is 6.04 Å². The number of piperazine rings is 1. The van der Waals surface area contributed by atoms with Gasteiger partial charge in [-0.1, -0.05) is 30.3 Å². The van der Waals surface area contributed by atoms with Gasteiger partial charge in [-0.3, -0.25) is 4.90 Å². The Bertz CT molecular complexity index is 369. The third kappa shape index (κ3) is 2.41. The lowest BCUT2D eigenvalue weighted by molar-refractivity contribution is 0.178. The van der Waals surface area contributed by atoms with E-state index < -0.39 is 0 Å². The summed E-state index contributed by atoms with van der Waals surface area (Å²) in [6, 6.07) is 12.8. The SMILES string of the molecule is C[C@@H]1CN(C(C#N)c2ccccc2)CCN1. The molecule has 1 aliphatic rings. The van der Waals surface area contributed by atoms with Gasteiger partial charge in [-0.15, -0.1) is 0 Å². The largest absolute Gasteiger partial charge is 0.312 e. The van der Waals surface area contributed by atoms with Gasteiger partial charge < -0.3 is 5.32 Å². The fraction of sp³-hybridized carbons (Fsp3) is 0.462. The fourth-order valence-corrected chi connectivity index (χ4v) is 2.20. The van der Waals surface area contributed by atoms with Crippen molar-refractivity contribution in [3.8, 4) is 6.07 Å². The average molecular weight is 215 g/mol. The maximum Gasteiger partial charge on any atom is 0.123 e. The van der Waals surface area contributed by atoms with Crippen LogP contribution in [0.1, 0.15) is 18.5 Å². The number of nitriles is 1. The first-order chi connectivity index (χ1) is 7.81. The molecule has 3 nitrogen and oxygen atoms in total. The molecule has 0 amide bonds. The first kappa shape index (κ1) is 11.1. The van der Waals surface area contributed by atoms with Crippen molar-refractivity contribution in [1.82, 2.24) is 10.2 Å². The molecular weight excluding hydrogens is 198 g/mol. The van der Waals surface area contributed by atoms with Crippen LogP contribution in [0.25, 0.3) is 0 Å². The molecule has 1 aromatic rings. The molecule has 1 N–H and O–H groups in total. The molecule has 3 heteroatoms. The van der Waals surface area contributed by atoms with E-state index in [0.29, 0.717) is 6.04 Å². The highest BCUT2D eigenvalue weighted by Gasteiger charge is 2.24. The number of nitrogens with zero attached hydrogens (tertiary/aromatic N) is 2. The van der Waals surface area contributed by atoms with Crippen LogP contribution < -0.4 is 5.32 Å². The van der Waals surface area contributed by atoms with E-state index in [4.69, 9.17) is 0 Å². The zero-order valence-corrected chi connectivity index (χ0v) is 9.56. The minimum absolute atomic E-state index is 0.106. The van der Waals surface area contributed by atoms with Crippen molar-refractivity contribution in [2.45, 2.75) is 19.0 Å². The second kappa shape index (κ2) is 5.11. The lowest BCUT2D eigenvalue weighted by atomic mass is 10.0. The maximum atomic E-state index is 9.31. The van der Waals surface area contributed by atoms with Gasteiger partial charge >= 0.3 is 0 Å². The molecule has 1 heterocycles. The Kier molecular flexibility index (Phi) is 3.55. The minimum Gasteiger partial charge on any atom is -0.312 e. The monoisotopic (exact) mass is 215 g/mol. The molecule has 1 aromatic carbocycles. The van der Waals surface area contributed by atoms with Crippen LogP contribution in [0.2, 0.25) is 0 Å². The summed E-state index contributed by atoms with van der Waals surface area (Å²) in [7, 11) is 0. The lowest BCUT2D eigenvalue weighted by Crippen LogP contribution is -2.50. The number of benzene rings is 1. The summed E-state index contributed by atoms with van der Waals surface area (Å²) in [5.41, 5.74) is 1.10. The second-order valence-corrected chi connectivity index (χ2v) is 4.29. The first-order valence-electron chi connectivity index (χ1n) is 5.73. The molecule has 0 bridgehead atoms. The van der Waals surface area contributed by atoms with E-state index >= 15 is 0 Å². The van der Waals surface area contributed by atoms with E-state index in [1.807, 2.05) is 30.3 Å². The van der Waals surface area contributed by atoms with Gasteiger partial charge in [0, 0.05) is 25.7 Å². The quantitative estimate of drug-likeness (QED) is 0.813. The number of rotatable bonds is 2. The van der Waals surface area contributed by atoms with Gasteiger partial charge in [-0.25, -0.2) is 0 Å². The average Bonchev–Trinajstić information content (AvgIpc) is 2.31. The maximum absolute atomic E-state index is 9.31. The molecule has 84 valence electrons. The molecule has 16 heavy (non-hydrogen) atoms. The molecule has 0 aliphatic carbocycles. The standard InChI is InChI=1S/C13H17N3/c1-11-10-16(8-7-15-11)13(9-14)12-5-3-2-4-6-12/h2-6,11,13,15H,7-8,10H2,1H3/t11-,13?/m1/s1. The first-order valence-corrected chi connectivity index (χ1v) is 5.73. The second-order valence-electron chi connectivity index (χ2n) is 4.29. The summed E-state index contributed by atoms with van der Waals surface area (Å²) in [6.07, 6.45) is 0. The third-order valence-corrected chi connectivity index (χ3v) is 3.00. The van der Waals surface area contributed by atoms with Crippen LogP contribution in [0.4, 0.5) is 0 Å². The van der Waals surface area contributed by atoms with Crippen molar-refractivity contribution < 1.29 is 0 Å². The summed E-state index contributed by atoms with van der Waals surface area (Å²) in [6.45, 7) is 5.00. The Morgan fingerprint density at radius 2 is 2.19 bits per heavy atom. The highest BCUT2D eigenvalue weighted by molar-refractivity contribution is 5.24. The van der Waals surface area contributed by atoms with Crippen LogP contribution in [0, 0.1) is 11.3 Å². The fourth-order valence-electron chi connectivity index (χ4n) is 2.20. The topological polar surface area (TPSA) is 39.1 Å². The van der Waals surface area contributed by atoms with Gasteiger partial charge in [0.2, 0.25) is 0 Å². The van der Waals surface area contributed by atoms with E-state index in [0.717, 1.165) is 25.2 Å². The van der Waals surface area contributed by atoms with Crippen molar-refractivity contribution in [2.75, 3.05) is 19.6 Å². The summed E-state index contributed by atoms with van der Waals surface area (Å²) in [5.74, 6) is 0. The van der Waals surface area contributed by atoms with Crippen LogP contribution in [0.15, 0.2) is 30.3 Å². The highest BCUT2D eigenvalue weighted by atomic mass is 15.2. The normalized spacial score (nSPS) is 23.6. The van der Waals surface area contributed by atoms with E-state index in [1.54, 1.807) is 0 Å². The van der Waals surface area contributed by atoms with Gasteiger partial charge in [-0.2, -0.15) is 5.26 Å². The number of hydrogen-bond donors (Lipinski definition) is 1. The van der Waals surface area contributed by atoms with Crippen molar-refractivity contribution in [1.29, 1.82) is 5.26 Å². The molecule has 1 aliphatic heterocycles. The molecule has 2 rings (SSSR count). The molecule has 0 spiro atoms. The van der Waals surface area contributed by atoms with Crippen LogP contribution in [0.3, 0.4) is 0 Å². The smallest absolute Gasteiger partial charge is 0.123 e. The van der Waals surface area contributed by atoms with Crippen molar-refractivity contribution >= 4 is 0 Å². The summed E-state index contributed by atoms with van der Waals surface area (Å²) in [5, 5.41) is 12.7. The summed E-state index contributed by atoms with van der Waals surface area (Å²) in [4.78, 5) is 2.25. The summed E-state index contributed by atoms with van der Waals surface area (Å²) >= 11 is 0.